The monoisotopic (exact) mass is 447 g/mol. The minimum atomic E-state index is -0.0109. The Labute approximate surface area is 196 Å². The molecule has 0 radical (unpaired) electrons. The largest absolute Gasteiger partial charge is 0.444 e. The van der Waals surface area contributed by atoms with Gasteiger partial charge in [-0.2, -0.15) is 0 Å². The Morgan fingerprint density at radius 3 is 2.18 bits per heavy atom. The van der Waals surface area contributed by atoms with Crippen molar-refractivity contribution >= 4 is 5.91 Å². The Kier molecular flexibility index (Phi) is 4.99. The number of hydrogen-bond donors (Lipinski definition) is 0. The van der Waals surface area contributed by atoms with E-state index in [9.17, 15) is 4.79 Å². The van der Waals surface area contributed by atoms with Crippen LogP contribution in [0.15, 0.2) is 95.6 Å². The number of benzene rings is 3. The first-order chi connectivity index (χ1) is 16.8. The number of rotatable bonds is 4. The SMILES string of the molecule is O=C(c1ccc(-c2ccccc2)cc1)N1CCn2c(nnc2-c2coc(-c3ccccc3)n2)C1. The van der Waals surface area contributed by atoms with Crippen LogP contribution in [0.25, 0.3) is 34.1 Å². The van der Waals surface area contributed by atoms with Crippen LogP contribution in [0.5, 0.6) is 0 Å². The van der Waals surface area contributed by atoms with Gasteiger partial charge in [-0.15, -0.1) is 10.2 Å². The number of amides is 1. The summed E-state index contributed by atoms with van der Waals surface area (Å²) in [5.41, 5.74) is 4.42. The summed E-state index contributed by atoms with van der Waals surface area (Å²) in [5, 5.41) is 8.67. The van der Waals surface area contributed by atoms with Gasteiger partial charge >= 0.3 is 0 Å². The van der Waals surface area contributed by atoms with E-state index in [2.05, 4.69) is 27.3 Å². The van der Waals surface area contributed by atoms with E-state index in [1.54, 1.807) is 6.26 Å². The summed E-state index contributed by atoms with van der Waals surface area (Å²) in [7, 11) is 0. The number of nitrogens with zero attached hydrogens (tertiary/aromatic N) is 5. The Hall–Kier alpha value is -4.52. The molecule has 0 unspecified atom stereocenters. The lowest BCUT2D eigenvalue weighted by molar-refractivity contribution is 0.0708. The predicted octanol–water partition coefficient (Wildman–Crippen LogP) is 4.92. The Morgan fingerprint density at radius 1 is 0.765 bits per heavy atom. The molecule has 3 aromatic carbocycles. The van der Waals surface area contributed by atoms with E-state index < -0.39 is 0 Å². The van der Waals surface area contributed by atoms with Gasteiger partial charge in [-0.05, 0) is 35.4 Å². The fourth-order valence-electron chi connectivity index (χ4n) is 4.23. The first kappa shape index (κ1) is 20.1. The summed E-state index contributed by atoms with van der Waals surface area (Å²) >= 11 is 0. The lowest BCUT2D eigenvalue weighted by atomic mass is 10.0. The summed E-state index contributed by atoms with van der Waals surface area (Å²) in [5.74, 6) is 1.92. The van der Waals surface area contributed by atoms with E-state index in [1.807, 2.05) is 82.3 Å². The smallest absolute Gasteiger partial charge is 0.254 e. The maximum Gasteiger partial charge on any atom is 0.254 e. The highest BCUT2D eigenvalue weighted by molar-refractivity contribution is 5.94. The topological polar surface area (TPSA) is 77.0 Å². The second-order valence-corrected chi connectivity index (χ2v) is 8.17. The molecular weight excluding hydrogens is 426 g/mol. The van der Waals surface area contributed by atoms with Crippen LogP contribution in [-0.4, -0.2) is 37.1 Å². The summed E-state index contributed by atoms with van der Waals surface area (Å²) in [6, 6.07) is 27.6. The highest BCUT2D eigenvalue weighted by atomic mass is 16.3. The molecule has 0 aliphatic carbocycles. The van der Waals surface area contributed by atoms with E-state index in [1.165, 1.54) is 0 Å². The zero-order valence-electron chi connectivity index (χ0n) is 18.3. The third-order valence-electron chi connectivity index (χ3n) is 6.03. The van der Waals surface area contributed by atoms with E-state index in [0.717, 1.165) is 22.5 Å². The average molecular weight is 447 g/mol. The van der Waals surface area contributed by atoms with Crippen LogP contribution in [0.4, 0.5) is 0 Å². The Bertz CT molecular complexity index is 1440. The number of hydrogen-bond acceptors (Lipinski definition) is 5. The van der Waals surface area contributed by atoms with E-state index in [0.29, 0.717) is 42.6 Å². The summed E-state index contributed by atoms with van der Waals surface area (Å²) in [4.78, 5) is 19.5. The van der Waals surface area contributed by atoms with E-state index in [4.69, 9.17) is 4.42 Å². The fraction of sp³-hybridized carbons (Fsp3) is 0.111. The van der Waals surface area contributed by atoms with Crippen molar-refractivity contribution in [3.63, 3.8) is 0 Å². The van der Waals surface area contributed by atoms with Crippen LogP contribution in [-0.2, 0) is 13.1 Å². The van der Waals surface area contributed by atoms with Crippen molar-refractivity contribution in [3.8, 4) is 34.1 Å². The third kappa shape index (κ3) is 3.67. The summed E-state index contributed by atoms with van der Waals surface area (Å²) < 4.78 is 7.68. The van der Waals surface area contributed by atoms with Crippen LogP contribution < -0.4 is 0 Å². The molecule has 0 bridgehead atoms. The Morgan fingerprint density at radius 2 is 1.44 bits per heavy atom. The maximum absolute atomic E-state index is 13.1. The van der Waals surface area contributed by atoms with Crippen LogP contribution in [0.1, 0.15) is 16.2 Å². The van der Waals surface area contributed by atoms with Gasteiger partial charge in [-0.1, -0.05) is 60.7 Å². The molecule has 0 N–H and O–H groups in total. The quantitative estimate of drug-likeness (QED) is 0.391. The van der Waals surface area contributed by atoms with Gasteiger partial charge < -0.3 is 13.9 Å². The van der Waals surface area contributed by atoms with Crippen molar-refractivity contribution in [2.75, 3.05) is 6.54 Å². The van der Waals surface area contributed by atoms with Gasteiger partial charge in [0.05, 0.1) is 6.54 Å². The molecule has 2 aromatic heterocycles. The predicted molar refractivity (Wildman–Crippen MR) is 128 cm³/mol. The molecule has 0 saturated carbocycles. The van der Waals surface area contributed by atoms with Crippen molar-refractivity contribution in [1.82, 2.24) is 24.6 Å². The zero-order chi connectivity index (χ0) is 22.9. The fourth-order valence-corrected chi connectivity index (χ4v) is 4.23. The van der Waals surface area contributed by atoms with Crippen molar-refractivity contribution in [3.05, 3.63) is 103 Å². The van der Waals surface area contributed by atoms with Crippen molar-refractivity contribution < 1.29 is 9.21 Å². The van der Waals surface area contributed by atoms with Crippen molar-refractivity contribution in [2.24, 2.45) is 0 Å². The van der Waals surface area contributed by atoms with E-state index in [-0.39, 0.29) is 5.91 Å². The molecule has 7 nitrogen and oxygen atoms in total. The van der Waals surface area contributed by atoms with Crippen LogP contribution in [0.3, 0.4) is 0 Å². The number of carbonyl (C=O) groups excluding carboxylic acids is 1. The van der Waals surface area contributed by atoms with E-state index >= 15 is 0 Å². The molecule has 0 saturated heterocycles. The summed E-state index contributed by atoms with van der Waals surface area (Å²) in [6.45, 7) is 1.56. The molecule has 0 spiro atoms. The summed E-state index contributed by atoms with van der Waals surface area (Å²) in [6.07, 6.45) is 1.60. The number of carbonyl (C=O) groups is 1. The third-order valence-corrected chi connectivity index (χ3v) is 6.03. The van der Waals surface area contributed by atoms with Gasteiger partial charge in [0, 0.05) is 24.2 Å². The first-order valence-electron chi connectivity index (χ1n) is 11.1. The number of aromatic nitrogens is 4. The highest BCUT2D eigenvalue weighted by Crippen LogP contribution is 2.26. The lowest BCUT2D eigenvalue weighted by Gasteiger charge is -2.27. The maximum atomic E-state index is 13.1. The average Bonchev–Trinajstić information content (AvgIpc) is 3.56. The number of fused-ring (bicyclic) bond motifs is 1. The normalized spacial score (nSPS) is 13.0. The minimum absolute atomic E-state index is 0.0109. The standard InChI is InChI=1S/C27H21N5O2/c33-27(22-13-11-20(12-14-22)19-7-3-1-4-8-19)31-15-16-32-24(17-31)29-30-25(32)23-18-34-26(28-23)21-9-5-2-6-10-21/h1-14,18H,15-17H2. The van der Waals surface area contributed by atoms with Gasteiger partial charge in [-0.25, -0.2) is 4.98 Å². The lowest BCUT2D eigenvalue weighted by Crippen LogP contribution is -2.38. The number of oxazole rings is 1. The van der Waals surface area contributed by atoms with Gasteiger partial charge in [0.2, 0.25) is 5.89 Å². The molecule has 34 heavy (non-hydrogen) atoms. The second kappa shape index (κ2) is 8.44. The highest BCUT2D eigenvalue weighted by Gasteiger charge is 2.27. The molecule has 1 aliphatic heterocycles. The molecule has 1 aliphatic rings. The first-order valence-corrected chi connectivity index (χ1v) is 11.1. The van der Waals surface area contributed by atoms with Crippen molar-refractivity contribution in [2.45, 2.75) is 13.1 Å². The van der Waals surface area contributed by atoms with Crippen LogP contribution in [0.2, 0.25) is 0 Å². The molecule has 6 rings (SSSR count). The van der Waals surface area contributed by atoms with Crippen LogP contribution in [0, 0.1) is 0 Å². The van der Waals surface area contributed by atoms with Crippen molar-refractivity contribution in [1.29, 1.82) is 0 Å². The van der Waals surface area contributed by atoms with Crippen LogP contribution >= 0.6 is 0 Å². The molecule has 7 heteroatoms. The molecule has 5 aromatic rings. The van der Waals surface area contributed by atoms with Gasteiger partial charge in [0.1, 0.15) is 12.0 Å². The Balaban J connectivity index is 1.19. The second-order valence-electron chi connectivity index (χ2n) is 8.17. The molecular formula is C27H21N5O2. The minimum Gasteiger partial charge on any atom is -0.444 e. The molecule has 0 atom stereocenters. The molecule has 1 amide bonds. The zero-order valence-corrected chi connectivity index (χ0v) is 18.3. The molecule has 166 valence electrons. The molecule has 3 heterocycles. The van der Waals surface area contributed by atoms with Gasteiger partial charge in [0.25, 0.3) is 5.91 Å². The molecule has 0 fully saturated rings. The van der Waals surface area contributed by atoms with Gasteiger partial charge in [0.15, 0.2) is 11.6 Å². The van der Waals surface area contributed by atoms with Gasteiger partial charge in [-0.3, -0.25) is 4.79 Å².